The van der Waals surface area contributed by atoms with Crippen LogP contribution in [0.1, 0.15) is 24.4 Å². The second-order valence-electron chi connectivity index (χ2n) is 5.22. The first-order valence-electron chi connectivity index (χ1n) is 7.13. The molecule has 8 heteroatoms. The van der Waals surface area contributed by atoms with Crippen LogP contribution in [0.5, 0.6) is 0 Å². The van der Waals surface area contributed by atoms with E-state index in [9.17, 15) is 9.59 Å². The second-order valence-corrected chi connectivity index (χ2v) is 6.04. The van der Waals surface area contributed by atoms with Gasteiger partial charge in [0.05, 0.1) is 17.0 Å². The van der Waals surface area contributed by atoms with Gasteiger partial charge in [-0.25, -0.2) is 0 Å². The van der Waals surface area contributed by atoms with Gasteiger partial charge in [0.15, 0.2) is 10.9 Å². The molecule has 6 nitrogen and oxygen atoms in total. The molecule has 2 aromatic rings. The molecule has 126 valence electrons. The van der Waals surface area contributed by atoms with Gasteiger partial charge >= 0.3 is 0 Å². The van der Waals surface area contributed by atoms with Gasteiger partial charge in [0.1, 0.15) is 0 Å². The number of furan rings is 1. The Morgan fingerprint density at radius 2 is 1.96 bits per heavy atom. The lowest BCUT2D eigenvalue weighted by atomic mass is 10.2. The molecule has 0 atom stereocenters. The summed E-state index contributed by atoms with van der Waals surface area (Å²) in [6.45, 7) is 3.54. The van der Waals surface area contributed by atoms with E-state index in [2.05, 4.69) is 16.0 Å². The smallest absolute Gasteiger partial charge is 0.291 e. The molecular weight excluding hydrogens is 350 g/mol. The largest absolute Gasteiger partial charge is 0.459 e. The Balaban J connectivity index is 2.00. The molecule has 0 radical (unpaired) electrons. The highest BCUT2D eigenvalue weighted by Gasteiger charge is 2.12. The molecule has 0 saturated carbocycles. The molecule has 1 aromatic heterocycles. The van der Waals surface area contributed by atoms with Crippen LogP contribution in [0.4, 0.5) is 11.4 Å². The molecule has 1 heterocycles. The molecule has 24 heavy (non-hydrogen) atoms. The maximum Gasteiger partial charge on any atom is 0.291 e. The second kappa shape index (κ2) is 7.94. The van der Waals surface area contributed by atoms with E-state index < -0.39 is 5.91 Å². The number of rotatable bonds is 4. The lowest BCUT2D eigenvalue weighted by Crippen LogP contribution is -2.36. The quantitative estimate of drug-likeness (QED) is 0.720. The van der Waals surface area contributed by atoms with Crippen LogP contribution in [0.15, 0.2) is 41.0 Å². The topological polar surface area (TPSA) is 83.4 Å². The van der Waals surface area contributed by atoms with Crippen molar-refractivity contribution in [3.8, 4) is 0 Å². The van der Waals surface area contributed by atoms with E-state index >= 15 is 0 Å². The van der Waals surface area contributed by atoms with E-state index in [4.69, 9.17) is 28.2 Å². The van der Waals surface area contributed by atoms with Crippen LogP contribution < -0.4 is 16.0 Å². The highest BCUT2D eigenvalue weighted by Crippen LogP contribution is 2.26. The number of amides is 2. The fraction of sp³-hybridized carbons (Fsp3) is 0.188. The van der Waals surface area contributed by atoms with Crippen molar-refractivity contribution in [2.45, 2.75) is 13.8 Å². The summed E-state index contributed by atoms with van der Waals surface area (Å²) >= 11 is 11.2. The standard InChI is InChI=1S/C16H16ClN3O3S/c1-9(2)14(21)20-16(24)18-10-5-6-12(11(17)8-10)19-15(22)13-4-3-7-23-13/h3-9H,1-2H3,(H,19,22)(H2,18,20,21,24). The molecule has 3 N–H and O–H groups in total. The lowest BCUT2D eigenvalue weighted by Gasteiger charge is -2.12. The van der Waals surface area contributed by atoms with Gasteiger partial charge in [0, 0.05) is 11.6 Å². The summed E-state index contributed by atoms with van der Waals surface area (Å²) < 4.78 is 5.02. The number of halogens is 1. The third kappa shape index (κ3) is 4.81. The molecule has 0 aliphatic carbocycles. The number of benzene rings is 1. The summed E-state index contributed by atoms with van der Waals surface area (Å²) in [5.74, 6) is -0.568. The zero-order chi connectivity index (χ0) is 17.7. The van der Waals surface area contributed by atoms with Gasteiger partial charge in [0.2, 0.25) is 5.91 Å². The Bertz CT molecular complexity index is 760. The normalized spacial score (nSPS) is 10.3. The van der Waals surface area contributed by atoms with Crippen molar-refractivity contribution in [2.24, 2.45) is 5.92 Å². The molecule has 0 bridgehead atoms. The highest BCUT2D eigenvalue weighted by atomic mass is 35.5. The Hall–Kier alpha value is -2.38. The Labute approximate surface area is 149 Å². The van der Waals surface area contributed by atoms with Gasteiger partial charge in [-0.05, 0) is 42.5 Å². The van der Waals surface area contributed by atoms with Crippen LogP contribution >= 0.6 is 23.8 Å². The minimum atomic E-state index is -0.401. The molecule has 0 fully saturated rings. The first-order chi connectivity index (χ1) is 11.4. The molecule has 2 amide bonds. The highest BCUT2D eigenvalue weighted by molar-refractivity contribution is 7.80. The van der Waals surface area contributed by atoms with E-state index in [1.54, 1.807) is 44.2 Å². The van der Waals surface area contributed by atoms with E-state index in [1.165, 1.54) is 6.26 Å². The maximum atomic E-state index is 11.9. The predicted molar refractivity (Wildman–Crippen MR) is 97.3 cm³/mol. The Morgan fingerprint density at radius 3 is 2.54 bits per heavy atom. The SMILES string of the molecule is CC(C)C(=O)NC(=S)Nc1ccc(NC(=O)c2ccco2)c(Cl)c1. The van der Waals surface area contributed by atoms with Crippen LogP contribution in [0, 0.1) is 5.92 Å². The van der Waals surface area contributed by atoms with Crippen LogP contribution in [0.3, 0.4) is 0 Å². The fourth-order valence-corrected chi connectivity index (χ4v) is 2.15. The van der Waals surface area contributed by atoms with Crippen LogP contribution in [0.25, 0.3) is 0 Å². The molecular formula is C16H16ClN3O3S. The van der Waals surface area contributed by atoms with Gasteiger partial charge in [0.25, 0.3) is 5.91 Å². The van der Waals surface area contributed by atoms with Crippen molar-refractivity contribution in [3.63, 3.8) is 0 Å². The summed E-state index contributed by atoms with van der Waals surface area (Å²) in [5.41, 5.74) is 1.02. The van der Waals surface area contributed by atoms with Crippen LogP contribution in [0.2, 0.25) is 5.02 Å². The van der Waals surface area contributed by atoms with Crippen molar-refractivity contribution in [3.05, 3.63) is 47.4 Å². The third-order valence-electron chi connectivity index (χ3n) is 2.98. The number of thiocarbonyl (C=S) groups is 1. The molecule has 0 saturated heterocycles. The van der Waals surface area contributed by atoms with Crippen molar-refractivity contribution < 1.29 is 14.0 Å². The number of nitrogens with one attached hydrogen (secondary N) is 3. The average Bonchev–Trinajstić information content (AvgIpc) is 3.04. The molecule has 0 spiro atoms. The zero-order valence-electron chi connectivity index (χ0n) is 13.1. The van der Waals surface area contributed by atoms with Gasteiger partial charge in [-0.15, -0.1) is 0 Å². The first-order valence-corrected chi connectivity index (χ1v) is 7.91. The predicted octanol–water partition coefficient (Wildman–Crippen LogP) is 3.65. The maximum absolute atomic E-state index is 11.9. The monoisotopic (exact) mass is 365 g/mol. The minimum absolute atomic E-state index is 0.174. The summed E-state index contributed by atoms with van der Waals surface area (Å²) in [7, 11) is 0. The number of hydrogen-bond donors (Lipinski definition) is 3. The van der Waals surface area contributed by atoms with Crippen LogP contribution in [-0.2, 0) is 4.79 Å². The lowest BCUT2D eigenvalue weighted by molar-refractivity contribution is -0.122. The summed E-state index contributed by atoms with van der Waals surface area (Å²) in [5, 5.41) is 8.57. The van der Waals surface area contributed by atoms with Gasteiger partial charge in [-0.1, -0.05) is 25.4 Å². The minimum Gasteiger partial charge on any atom is -0.459 e. The third-order valence-corrected chi connectivity index (χ3v) is 3.50. The van der Waals surface area contributed by atoms with Gasteiger partial charge < -0.3 is 20.4 Å². The molecule has 0 unspecified atom stereocenters. The first kappa shape index (κ1) is 18.0. The van der Waals surface area contributed by atoms with E-state index in [0.717, 1.165) is 0 Å². The average molecular weight is 366 g/mol. The van der Waals surface area contributed by atoms with E-state index in [0.29, 0.717) is 16.4 Å². The number of anilines is 2. The van der Waals surface area contributed by atoms with Gasteiger partial charge in [-0.2, -0.15) is 0 Å². The van der Waals surface area contributed by atoms with Crippen molar-refractivity contribution >= 4 is 52.1 Å². The van der Waals surface area contributed by atoms with E-state index in [1.807, 2.05) is 0 Å². The fourth-order valence-electron chi connectivity index (χ4n) is 1.70. The zero-order valence-corrected chi connectivity index (χ0v) is 14.6. The Morgan fingerprint density at radius 1 is 1.21 bits per heavy atom. The van der Waals surface area contributed by atoms with Crippen molar-refractivity contribution in [1.82, 2.24) is 5.32 Å². The van der Waals surface area contributed by atoms with Crippen molar-refractivity contribution in [1.29, 1.82) is 0 Å². The summed E-state index contributed by atoms with van der Waals surface area (Å²) in [6, 6.07) is 8.06. The summed E-state index contributed by atoms with van der Waals surface area (Å²) in [6.07, 6.45) is 1.41. The molecule has 0 aliphatic heterocycles. The number of carbonyl (C=O) groups is 2. The number of hydrogen-bond acceptors (Lipinski definition) is 4. The van der Waals surface area contributed by atoms with E-state index in [-0.39, 0.29) is 22.7 Å². The van der Waals surface area contributed by atoms with Crippen LogP contribution in [-0.4, -0.2) is 16.9 Å². The Kier molecular flexibility index (Phi) is 5.94. The summed E-state index contributed by atoms with van der Waals surface area (Å²) in [4.78, 5) is 23.5. The molecule has 2 rings (SSSR count). The molecule has 0 aliphatic rings. The van der Waals surface area contributed by atoms with Crippen molar-refractivity contribution in [2.75, 3.05) is 10.6 Å². The molecule has 1 aromatic carbocycles. The van der Waals surface area contributed by atoms with Gasteiger partial charge in [-0.3, -0.25) is 9.59 Å². The number of carbonyl (C=O) groups excluding carboxylic acids is 2.